The van der Waals surface area contributed by atoms with Crippen LogP contribution >= 0.6 is 11.3 Å². The van der Waals surface area contributed by atoms with Gasteiger partial charge in [0.15, 0.2) is 28.8 Å². The molecule has 0 aliphatic carbocycles. The molecule has 0 fully saturated rings. The van der Waals surface area contributed by atoms with Crippen LogP contribution in [0, 0.1) is 11.3 Å². The highest BCUT2D eigenvalue weighted by atomic mass is 32.1. The van der Waals surface area contributed by atoms with Gasteiger partial charge in [0.2, 0.25) is 13.6 Å². The number of nitriles is 1. The first kappa shape index (κ1) is 19.0. The van der Waals surface area contributed by atoms with Crippen molar-refractivity contribution < 1.29 is 23.7 Å². The molecule has 2 aliphatic rings. The third-order valence-electron chi connectivity index (χ3n) is 4.79. The van der Waals surface area contributed by atoms with Crippen molar-refractivity contribution in [3.8, 4) is 40.3 Å². The highest BCUT2D eigenvalue weighted by Gasteiger charge is 2.20. The maximum atomic E-state index is 12.0. The number of thiazole rings is 1. The number of nitrogens with zero attached hydrogens (tertiary/aromatic N) is 2. The maximum Gasteiger partial charge on any atom is 0.231 e. The first-order chi connectivity index (χ1) is 15.1. The molecule has 31 heavy (non-hydrogen) atoms. The fraction of sp³-hybridized carbons (Fsp3) is 0.136. The Kier molecular flexibility index (Phi) is 4.69. The standard InChI is InChI=1S/C22H15N3O5S/c1-12(26)15-5-20-21(30-11-29-20)6-16(15)24-8-14(7-23)22-25-17(9-31-22)13-2-3-18-19(4-13)28-10-27-18/h2-6,8-9,24H,10-11H2,1H3/b14-8+. The van der Waals surface area contributed by atoms with Crippen LogP contribution < -0.4 is 24.3 Å². The molecule has 0 radical (unpaired) electrons. The monoisotopic (exact) mass is 433 g/mol. The van der Waals surface area contributed by atoms with Crippen LogP contribution in [0.25, 0.3) is 16.8 Å². The van der Waals surface area contributed by atoms with E-state index in [9.17, 15) is 10.1 Å². The minimum absolute atomic E-state index is 0.108. The number of allylic oxidation sites excluding steroid dienone is 1. The van der Waals surface area contributed by atoms with Gasteiger partial charge in [0.25, 0.3) is 0 Å². The molecule has 3 aromatic rings. The zero-order valence-corrected chi connectivity index (χ0v) is 17.1. The first-order valence-electron chi connectivity index (χ1n) is 9.29. The van der Waals surface area contributed by atoms with Crippen LogP contribution in [0.3, 0.4) is 0 Å². The summed E-state index contributed by atoms with van der Waals surface area (Å²) in [6, 6.07) is 11.1. The lowest BCUT2D eigenvalue weighted by molar-refractivity contribution is 0.101. The van der Waals surface area contributed by atoms with Crippen molar-refractivity contribution in [2.24, 2.45) is 0 Å². The van der Waals surface area contributed by atoms with Gasteiger partial charge < -0.3 is 24.3 Å². The Hall–Kier alpha value is -4.03. The van der Waals surface area contributed by atoms with Crippen LogP contribution in [-0.4, -0.2) is 24.4 Å². The minimum Gasteiger partial charge on any atom is -0.454 e. The lowest BCUT2D eigenvalue weighted by Gasteiger charge is -2.09. The molecular formula is C22H15N3O5S. The molecular weight excluding hydrogens is 418 g/mol. The van der Waals surface area contributed by atoms with E-state index in [0.29, 0.717) is 44.8 Å². The second kappa shape index (κ2) is 7.66. The van der Waals surface area contributed by atoms with Crippen LogP contribution in [0.5, 0.6) is 23.0 Å². The molecule has 0 saturated heterocycles. The van der Waals surface area contributed by atoms with Gasteiger partial charge in [0.1, 0.15) is 16.6 Å². The molecule has 1 aromatic heterocycles. The number of hydrogen-bond donors (Lipinski definition) is 1. The van der Waals surface area contributed by atoms with Gasteiger partial charge >= 0.3 is 0 Å². The Labute approximate surface area is 181 Å². The van der Waals surface area contributed by atoms with Crippen molar-refractivity contribution in [1.29, 1.82) is 5.26 Å². The Bertz CT molecular complexity index is 1270. The molecule has 0 unspecified atom stereocenters. The van der Waals surface area contributed by atoms with Crippen molar-refractivity contribution in [2.45, 2.75) is 6.92 Å². The average Bonchev–Trinajstić information content (AvgIpc) is 3.52. The van der Waals surface area contributed by atoms with Crippen molar-refractivity contribution in [3.05, 3.63) is 52.5 Å². The molecule has 1 N–H and O–H groups in total. The second-order valence-corrected chi connectivity index (χ2v) is 7.59. The molecule has 2 aromatic carbocycles. The molecule has 9 heteroatoms. The number of ketones is 1. The summed E-state index contributed by atoms with van der Waals surface area (Å²) in [6.45, 7) is 1.78. The number of hydrogen-bond acceptors (Lipinski definition) is 9. The summed E-state index contributed by atoms with van der Waals surface area (Å²) < 4.78 is 21.5. The molecule has 0 saturated carbocycles. The topological polar surface area (TPSA) is 103 Å². The van der Waals surface area contributed by atoms with Gasteiger partial charge in [0, 0.05) is 28.8 Å². The third-order valence-corrected chi connectivity index (χ3v) is 5.66. The summed E-state index contributed by atoms with van der Waals surface area (Å²) in [6.07, 6.45) is 1.53. The number of carbonyl (C=O) groups excluding carboxylic acids is 1. The highest BCUT2D eigenvalue weighted by Crippen LogP contribution is 2.38. The quantitative estimate of drug-likeness (QED) is 0.465. The SMILES string of the molecule is CC(=O)c1cc2c(cc1N/C=C(\C#N)c1nc(-c3ccc4c(c3)OCO4)cs1)OCO2. The molecule has 0 bridgehead atoms. The lowest BCUT2D eigenvalue weighted by Crippen LogP contribution is -2.00. The molecule has 3 heterocycles. The summed E-state index contributed by atoms with van der Waals surface area (Å²) in [7, 11) is 0. The van der Waals surface area contributed by atoms with Crippen LogP contribution in [0.15, 0.2) is 41.9 Å². The summed E-state index contributed by atoms with van der Waals surface area (Å²) in [5.74, 6) is 2.30. The number of aromatic nitrogens is 1. The first-order valence-corrected chi connectivity index (χ1v) is 10.2. The van der Waals surface area contributed by atoms with Crippen molar-refractivity contribution in [3.63, 3.8) is 0 Å². The third kappa shape index (κ3) is 3.53. The van der Waals surface area contributed by atoms with Gasteiger partial charge in [-0.3, -0.25) is 4.79 Å². The number of anilines is 1. The molecule has 2 aliphatic heterocycles. The van der Waals surface area contributed by atoms with Crippen LogP contribution in [-0.2, 0) is 0 Å². The normalized spacial score (nSPS) is 13.7. The minimum atomic E-state index is -0.132. The van der Waals surface area contributed by atoms with Crippen LogP contribution in [0.2, 0.25) is 0 Å². The summed E-state index contributed by atoms with van der Waals surface area (Å²) >= 11 is 1.35. The number of carbonyl (C=O) groups is 1. The predicted octanol–water partition coefficient (Wildman–Crippen LogP) is 4.45. The Morgan fingerprint density at radius 1 is 1.10 bits per heavy atom. The average molecular weight is 433 g/mol. The van der Waals surface area contributed by atoms with E-state index in [2.05, 4.69) is 16.4 Å². The molecule has 8 nitrogen and oxygen atoms in total. The fourth-order valence-electron chi connectivity index (χ4n) is 3.23. The Morgan fingerprint density at radius 2 is 1.81 bits per heavy atom. The lowest BCUT2D eigenvalue weighted by atomic mass is 10.1. The van der Waals surface area contributed by atoms with Gasteiger partial charge in [-0.25, -0.2) is 4.98 Å². The van der Waals surface area contributed by atoms with Gasteiger partial charge in [-0.2, -0.15) is 5.26 Å². The summed E-state index contributed by atoms with van der Waals surface area (Å²) in [4.78, 5) is 16.6. The summed E-state index contributed by atoms with van der Waals surface area (Å²) in [5, 5.41) is 15.1. The van der Waals surface area contributed by atoms with E-state index in [1.165, 1.54) is 24.5 Å². The number of Topliss-reactive ketones (excluding diaryl/α,β-unsaturated/α-hetero) is 1. The van der Waals surface area contributed by atoms with E-state index in [4.69, 9.17) is 18.9 Å². The molecule has 154 valence electrons. The fourth-order valence-corrected chi connectivity index (χ4v) is 4.02. The molecule has 5 rings (SSSR count). The largest absolute Gasteiger partial charge is 0.454 e. The number of rotatable bonds is 5. The van der Waals surface area contributed by atoms with Crippen molar-refractivity contribution in [1.82, 2.24) is 4.98 Å². The van der Waals surface area contributed by atoms with Gasteiger partial charge in [-0.1, -0.05) is 0 Å². The van der Waals surface area contributed by atoms with Gasteiger partial charge in [-0.15, -0.1) is 11.3 Å². The number of nitrogens with one attached hydrogen (secondary N) is 1. The number of fused-ring (bicyclic) bond motifs is 2. The molecule has 0 atom stereocenters. The molecule has 0 amide bonds. The smallest absolute Gasteiger partial charge is 0.231 e. The van der Waals surface area contributed by atoms with Crippen molar-refractivity contribution >= 4 is 28.4 Å². The zero-order valence-electron chi connectivity index (χ0n) is 16.3. The van der Waals surface area contributed by atoms with Crippen LogP contribution in [0.4, 0.5) is 5.69 Å². The van der Waals surface area contributed by atoms with Crippen LogP contribution in [0.1, 0.15) is 22.3 Å². The van der Waals surface area contributed by atoms with Gasteiger partial charge in [0.05, 0.1) is 11.4 Å². The molecule has 0 spiro atoms. The van der Waals surface area contributed by atoms with E-state index < -0.39 is 0 Å². The summed E-state index contributed by atoms with van der Waals surface area (Å²) in [5.41, 5.74) is 2.90. The van der Waals surface area contributed by atoms with E-state index in [0.717, 1.165) is 11.3 Å². The maximum absolute atomic E-state index is 12.0. The number of benzene rings is 2. The van der Waals surface area contributed by atoms with E-state index in [-0.39, 0.29) is 19.4 Å². The predicted molar refractivity (Wildman–Crippen MR) is 113 cm³/mol. The van der Waals surface area contributed by atoms with E-state index in [1.807, 2.05) is 23.6 Å². The van der Waals surface area contributed by atoms with E-state index in [1.54, 1.807) is 12.1 Å². The number of ether oxygens (including phenoxy) is 4. The zero-order chi connectivity index (χ0) is 21.4. The second-order valence-electron chi connectivity index (χ2n) is 6.73. The Balaban J connectivity index is 1.42. The van der Waals surface area contributed by atoms with Crippen molar-refractivity contribution in [2.75, 3.05) is 18.9 Å². The Morgan fingerprint density at radius 3 is 2.55 bits per heavy atom. The van der Waals surface area contributed by atoms with Gasteiger partial charge in [-0.05, 0) is 31.2 Å². The highest BCUT2D eigenvalue weighted by molar-refractivity contribution is 7.11. The van der Waals surface area contributed by atoms with E-state index >= 15 is 0 Å².